The highest BCUT2D eigenvalue weighted by atomic mass is 35.5. The first kappa shape index (κ1) is 22.9. The van der Waals surface area contributed by atoms with E-state index in [0.29, 0.717) is 42.4 Å². The number of rotatable bonds is 5. The van der Waals surface area contributed by atoms with Crippen LogP contribution in [0.1, 0.15) is 0 Å². The van der Waals surface area contributed by atoms with E-state index in [0.717, 1.165) is 22.4 Å². The number of halogens is 1. The number of hydrogen-bond donors (Lipinski definition) is 0. The van der Waals surface area contributed by atoms with Crippen molar-refractivity contribution < 1.29 is 9.53 Å². The number of carbonyl (C=O) groups excluding carboxylic acids is 1. The summed E-state index contributed by atoms with van der Waals surface area (Å²) in [5, 5.41) is 1.28. The molecule has 1 saturated heterocycles. The third kappa shape index (κ3) is 4.72. The van der Waals surface area contributed by atoms with Gasteiger partial charge in [0.25, 0.3) is 0 Å². The van der Waals surface area contributed by atoms with Gasteiger partial charge in [-0.15, -0.1) is 0 Å². The van der Waals surface area contributed by atoms with Crippen LogP contribution in [-0.2, 0) is 11.3 Å². The predicted molar refractivity (Wildman–Crippen MR) is 138 cm³/mol. The number of benzene rings is 3. The topological polar surface area (TPSA) is 67.7 Å². The number of carbonyl (C=O) groups is 1. The average molecular weight is 489 g/mol. The monoisotopic (exact) mass is 488 g/mol. The molecule has 5 rings (SSSR count). The lowest BCUT2D eigenvalue weighted by atomic mass is 10.1. The fourth-order valence-electron chi connectivity index (χ4n) is 4.46. The largest absolute Gasteiger partial charge is 0.497 e. The first-order chi connectivity index (χ1) is 17.0. The highest BCUT2D eigenvalue weighted by molar-refractivity contribution is 6.31. The average Bonchev–Trinajstić information content (AvgIpc) is 2.90. The summed E-state index contributed by atoms with van der Waals surface area (Å²) in [5.41, 5.74) is 2.66. The van der Waals surface area contributed by atoms with Crippen molar-refractivity contribution in [3.8, 4) is 17.0 Å². The van der Waals surface area contributed by atoms with E-state index in [1.165, 1.54) is 4.57 Å². The van der Waals surface area contributed by atoms with E-state index in [-0.39, 0.29) is 12.5 Å². The zero-order valence-electron chi connectivity index (χ0n) is 19.4. The zero-order valence-corrected chi connectivity index (χ0v) is 20.1. The molecule has 1 aliphatic rings. The van der Waals surface area contributed by atoms with Gasteiger partial charge in [0.15, 0.2) is 0 Å². The van der Waals surface area contributed by atoms with Gasteiger partial charge in [0.05, 0.1) is 18.3 Å². The zero-order chi connectivity index (χ0) is 24.4. The predicted octanol–water partition coefficient (Wildman–Crippen LogP) is 4.07. The van der Waals surface area contributed by atoms with Crippen molar-refractivity contribution in [2.24, 2.45) is 0 Å². The van der Waals surface area contributed by atoms with Crippen LogP contribution in [0.3, 0.4) is 0 Å². The summed E-state index contributed by atoms with van der Waals surface area (Å²) in [5.74, 6) is 0.709. The van der Waals surface area contributed by atoms with Crippen molar-refractivity contribution in [2.75, 3.05) is 38.2 Å². The van der Waals surface area contributed by atoms with Gasteiger partial charge >= 0.3 is 5.69 Å². The third-order valence-electron chi connectivity index (χ3n) is 6.35. The first-order valence-electron chi connectivity index (χ1n) is 11.5. The van der Waals surface area contributed by atoms with Crippen molar-refractivity contribution in [1.82, 2.24) is 14.5 Å². The second-order valence-corrected chi connectivity index (χ2v) is 8.86. The summed E-state index contributed by atoms with van der Waals surface area (Å²) < 4.78 is 6.67. The molecule has 3 aromatic carbocycles. The van der Waals surface area contributed by atoms with E-state index in [1.807, 2.05) is 54.6 Å². The molecular weight excluding hydrogens is 464 g/mol. The Kier molecular flexibility index (Phi) is 6.42. The maximum atomic E-state index is 13.2. The summed E-state index contributed by atoms with van der Waals surface area (Å²) in [6, 6.07) is 22.7. The number of anilines is 1. The number of aromatic nitrogens is 2. The highest BCUT2D eigenvalue weighted by Gasteiger charge is 2.23. The van der Waals surface area contributed by atoms with Gasteiger partial charge in [-0.3, -0.25) is 9.36 Å². The minimum absolute atomic E-state index is 0.0679. The molecule has 0 atom stereocenters. The van der Waals surface area contributed by atoms with Crippen molar-refractivity contribution >= 4 is 34.1 Å². The van der Waals surface area contributed by atoms with Gasteiger partial charge < -0.3 is 14.5 Å². The molecule has 0 saturated carbocycles. The molecule has 2 heterocycles. The minimum atomic E-state index is -0.455. The Morgan fingerprint density at radius 1 is 0.971 bits per heavy atom. The van der Waals surface area contributed by atoms with Crippen LogP contribution in [0.2, 0.25) is 5.02 Å². The van der Waals surface area contributed by atoms with Crippen molar-refractivity contribution in [1.29, 1.82) is 0 Å². The fraction of sp³-hybridized carbons (Fsp3) is 0.222. The van der Waals surface area contributed by atoms with Crippen LogP contribution >= 0.6 is 11.6 Å². The standard InChI is InChI=1S/C27H25ClN4O3/c1-35-22-10-8-21(9-11-22)30-13-15-31(16-14-30)25(33)18-32-24-12-7-20(28)17-23(24)26(29-27(32)34)19-5-3-2-4-6-19/h2-12,17H,13-16,18H2,1H3. The highest BCUT2D eigenvalue weighted by Crippen LogP contribution is 2.28. The summed E-state index contributed by atoms with van der Waals surface area (Å²) in [6.07, 6.45) is 0. The Hall–Kier alpha value is -3.84. The van der Waals surface area contributed by atoms with Gasteiger partial charge in [0.2, 0.25) is 5.91 Å². The Morgan fingerprint density at radius 2 is 1.69 bits per heavy atom. The van der Waals surface area contributed by atoms with Crippen LogP contribution < -0.4 is 15.3 Å². The molecule has 8 heteroatoms. The van der Waals surface area contributed by atoms with E-state index >= 15 is 0 Å². The SMILES string of the molecule is COc1ccc(N2CCN(C(=O)Cn3c(=O)nc(-c4ccccc4)c4cc(Cl)ccc43)CC2)cc1. The van der Waals surface area contributed by atoms with Crippen LogP contribution in [0.15, 0.2) is 77.6 Å². The Labute approximate surface area is 208 Å². The number of ether oxygens (including phenoxy) is 1. The number of hydrogen-bond acceptors (Lipinski definition) is 5. The molecule has 1 amide bonds. The van der Waals surface area contributed by atoms with E-state index in [9.17, 15) is 9.59 Å². The van der Waals surface area contributed by atoms with Crippen LogP contribution in [0.5, 0.6) is 5.75 Å². The Morgan fingerprint density at radius 3 is 2.37 bits per heavy atom. The number of nitrogens with zero attached hydrogens (tertiary/aromatic N) is 4. The molecule has 35 heavy (non-hydrogen) atoms. The second kappa shape index (κ2) is 9.80. The van der Waals surface area contributed by atoms with E-state index in [4.69, 9.17) is 16.3 Å². The smallest absolute Gasteiger partial charge is 0.349 e. The number of amides is 1. The van der Waals surface area contributed by atoms with Crippen LogP contribution in [-0.4, -0.2) is 53.6 Å². The van der Waals surface area contributed by atoms with Crippen LogP contribution in [0, 0.1) is 0 Å². The number of fused-ring (bicyclic) bond motifs is 1. The molecule has 0 radical (unpaired) electrons. The quantitative estimate of drug-likeness (QED) is 0.423. The molecule has 1 aromatic heterocycles. The van der Waals surface area contributed by atoms with Gasteiger partial charge in [-0.25, -0.2) is 4.79 Å². The summed E-state index contributed by atoms with van der Waals surface area (Å²) in [6.45, 7) is 2.53. The van der Waals surface area contributed by atoms with Crippen molar-refractivity contribution in [3.05, 3.63) is 88.3 Å². The van der Waals surface area contributed by atoms with Crippen molar-refractivity contribution in [2.45, 2.75) is 6.54 Å². The molecule has 1 aliphatic heterocycles. The molecule has 0 bridgehead atoms. The fourth-order valence-corrected chi connectivity index (χ4v) is 4.64. The summed E-state index contributed by atoms with van der Waals surface area (Å²) in [7, 11) is 1.65. The summed E-state index contributed by atoms with van der Waals surface area (Å²) >= 11 is 6.28. The maximum absolute atomic E-state index is 13.2. The lowest BCUT2D eigenvalue weighted by molar-refractivity contribution is -0.132. The van der Waals surface area contributed by atoms with E-state index in [2.05, 4.69) is 9.88 Å². The molecule has 1 fully saturated rings. The van der Waals surface area contributed by atoms with Gasteiger partial charge in [0.1, 0.15) is 12.3 Å². The van der Waals surface area contributed by atoms with Crippen LogP contribution in [0.25, 0.3) is 22.2 Å². The molecule has 0 N–H and O–H groups in total. The lowest BCUT2D eigenvalue weighted by Gasteiger charge is -2.36. The van der Waals surface area contributed by atoms with Crippen LogP contribution in [0.4, 0.5) is 5.69 Å². The summed E-state index contributed by atoms with van der Waals surface area (Å²) in [4.78, 5) is 34.6. The van der Waals surface area contributed by atoms with Gasteiger partial charge in [-0.1, -0.05) is 41.9 Å². The van der Waals surface area contributed by atoms with Gasteiger partial charge in [-0.2, -0.15) is 4.98 Å². The molecular formula is C27H25ClN4O3. The molecule has 4 aromatic rings. The number of methoxy groups -OCH3 is 1. The van der Waals surface area contributed by atoms with Gasteiger partial charge in [0, 0.05) is 47.8 Å². The lowest BCUT2D eigenvalue weighted by Crippen LogP contribution is -2.50. The maximum Gasteiger partial charge on any atom is 0.349 e. The second-order valence-electron chi connectivity index (χ2n) is 8.42. The molecule has 7 nitrogen and oxygen atoms in total. The minimum Gasteiger partial charge on any atom is -0.497 e. The molecule has 0 spiro atoms. The van der Waals surface area contributed by atoms with E-state index in [1.54, 1.807) is 30.2 Å². The Balaban J connectivity index is 1.36. The Bertz CT molecular complexity index is 1410. The van der Waals surface area contributed by atoms with Crippen molar-refractivity contribution in [3.63, 3.8) is 0 Å². The molecule has 0 unspecified atom stereocenters. The normalized spacial score (nSPS) is 13.8. The van der Waals surface area contributed by atoms with E-state index < -0.39 is 5.69 Å². The third-order valence-corrected chi connectivity index (χ3v) is 6.59. The van der Waals surface area contributed by atoms with Gasteiger partial charge in [-0.05, 0) is 42.5 Å². The first-order valence-corrected chi connectivity index (χ1v) is 11.8. The molecule has 0 aliphatic carbocycles. The molecule has 178 valence electrons. The number of piperazine rings is 1.